The zero-order chi connectivity index (χ0) is 9.80. The van der Waals surface area contributed by atoms with Crippen LogP contribution >= 0.6 is 0 Å². The third-order valence-electron chi connectivity index (χ3n) is 2.42. The smallest absolute Gasteiger partial charge is 0.0504 e. The summed E-state index contributed by atoms with van der Waals surface area (Å²) in [5.41, 5.74) is 1.07. The minimum atomic E-state index is -0.749. The fourth-order valence-corrected chi connectivity index (χ4v) is 3.04. The molecular weight excluding hydrogens is 196 g/mol. The van der Waals surface area contributed by atoms with Crippen LogP contribution in [0, 0.1) is 0 Å². The van der Waals surface area contributed by atoms with Crippen LogP contribution in [0.2, 0.25) is 0 Å². The van der Waals surface area contributed by atoms with Gasteiger partial charge in [0, 0.05) is 35.0 Å². The Labute approximate surface area is 86.4 Å². The van der Waals surface area contributed by atoms with Crippen molar-refractivity contribution in [3.05, 3.63) is 30.1 Å². The molecule has 1 aliphatic heterocycles. The Kier molecular flexibility index (Phi) is 3.26. The lowest BCUT2D eigenvalue weighted by molar-refractivity contribution is 0.672. The minimum absolute atomic E-state index is 0.329. The summed E-state index contributed by atoms with van der Waals surface area (Å²) in [4.78, 5) is 4.01. The highest BCUT2D eigenvalue weighted by Gasteiger charge is 2.20. The standard InChI is InChI=1S/C10H14N2OS/c13-14(10-3-5-12-7-10)8-9-2-1-4-11-6-9/h1-2,4,6,10,12H,3,5,7-8H2/t10-,14-/m1/s1. The molecule has 1 saturated heterocycles. The van der Waals surface area contributed by atoms with Crippen LogP contribution in [-0.4, -0.2) is 27.5 Å². The molecule has 1 N–H and O–H groups in total. The highest BCUT2D eigenvalue weighted by molar-refractivity contribution is 7.84. The molecule has 2 rings (SSSR count). The maximum Gasteiger partial charge on any atom is 0.0504 e. The Morgan fingerprint density at radius 1 is 1.64 bits per heavy atom. The summed E-state index contributed by atoms with van der Waals surface area (Å²) in [5.74, 6) is 0.639. The van der Waals surface area contributed by atoms with Gasteiger partial charge in [0.1, 0.15) is 0 Å². The van der Waals surface area contributed by atoms with Gasteiger partial charge >= 0.3 is 0 Å². The highest BCUT2D eigenvalue weighted by Crippen LogP contribution is 2.11. The number of aromatic nitrogens is 1. The second-order valence-corrected chi connectivity index (χ2v) is 5.22. The van der Waals surface area contributed by atoms with E-state index in [1.165, 1.54) is 0 Å². The van der Waals surface area contributed by atoms with Gasteiger partial charge in [0.15, 0.2) is 0 Å². The maximum absolute atomic E-state index is 11.9. The first-order valence-corrected chi connectivity index (χ1v) is 6.21. The van der Waals surface area contributed by atoms with E-state index in [2.05, 4.69) is 10.3 Å². The van der Waals surface area contributed by atoms with E-state index in [0.717, 1.165) is 25.1 Å². The molecule has 76 valence electrons. The third-order valence-corrected chi connectivity index (χ3v) is 4.18. The maximum atomic E-state index is 11.9. The average molecular weight is 210 g/mol. The molecular formula is C10H14N2OS. The van der Waals surface area contributed by atoms with E-state index in [9.17, 15) is 4.21 Å². The Hall–Kier alpha value is -0.740. The molecule has 2 atom stereocenters. The van der Waals surface area contributed by atoms with Gasteiger partial charge in [-0.2, -0.15) is 0 Å². The Bertz CT molecular complexity index is 309. The van der Waals surface area contributed by atoms with Crippen molar-refractivity contribution in [3.63, 3.8) is 0 Å². The Balaban J connectivity index is 1.94. The molecule has 1 fully saturated rings. The van der Waals surface area contributed by atoms with Gasteiger partial charge in [-0.3, -0.25) is 9.19 Å². The van der Waals surface area contributed by atoms with Gasteiger partial charge in [-0.15, -0.1) is 0 Å². The third kappa shape index (κ3) is 2.39. The van der Waals surface area contributed by atoms with Gasteiger partial charge in [-0.1, -0.05) is 6.07 Å². The van der Waals surface area contributed by atoms with Crippen LogP contribution in [0.1, 0.15) is 12.0 Å². The first-order chi connectivity index (χ1) is 6.86. The van der Waals surface area contributed by atoms with Crippen LogP contribution in [0.3, 0.4) is 0 Å². The van der Waals surface area contributed by atoms with Gasteiger partial charge in [-0.25, -0.2) is 0 Å². The van der Waals surface area contributed by atoms with Gasteiger partial charge < -0.3 is 5.32 Å². The molecule has 1 aromatic heterocycles. The minimum Gasteiger partial charge on any atom is -0.315 e. The van der Waals surface area contributed by atoms with Crippen molar-refractivity contribution in [2.45, 2.75) is 17.4 Å². The van der Waals surface area contributed by atoms with E-state index in [1.54, 1.807) is 12.4 Å². The van der Waals surface area contributed by atoms with Crippen molar-refractivity contribution in [3.8, 4) is 0 Å². The highest BCUT2D eigenvalue weighted by atomic mass is 32.2. The predicted molar refractivity (Wildman–Crippen MR) is 57.4 cm³/mol. The fourth-order valence-electron chi connectivity index (χ4n) is 1.62. The lowest BCUT2D eigenvalue weighted by Crippen LogP contribution is -2.19. The summed E-state index contributed by atoms with van der Waals surface area (Å²) >= 11 is 0. The first kappa shape index (κ1) is 9.80. The van der Waals surface area contributed by atoms with E-state index < -0.39 is 10.8 Å². The predicted octanol–water partition coefficient (Wildman–Crippen LogP) is 0.692. The summed E-state index contributed by atoms with van der Waals surface area (Å²) in [6, 6.07) is 3.87. The molecule has 0 aromatic carbocycles. The van der Waals surface area contributed by atoms with Crippen molar-refractivity contribution in [2.24, 2.45) is 0 Å². The zero-order valence-corrected chi connectivity index (χ0v) is 8.80. The zero-order valence-electron chi connectivity index (χ0n) is 7.98. The SMILES string of the molecule is O=[S@](Cc1cccnc1)[C@@H]1CCNC1. The largest absolute Gasteiger partial charge is 0.315 e. The molecule has 0 saturated carbocycles. The van der Waals surface area contributed by atoms with Crippen molar-refractivity contribution in [1.29, 1.82) is 0 Å². The average Bonchev–Trinajstić information content (AvgIpc) is 2.72. The molecule has 0 spiro atoms. The second kappa shape index (κ2) is 4.66. The molecule has 3 nitrogen and oxygen atoms in total. The number of pyridine rings is 1. The molecule has 2 heterocycles. The van der Waals surface area contributed by atoms with E-state index in [1.807, 2.05) is 12.1 Å². The summed E-state index contributed by atoms with van der Waals surface area (Å²) in [7, 11) is -0.749. The summed E-state index contributed by atoms with van der Waals surface area (Å²) in [5, 5.41) is 3.56. The molecule has 0 aliphatic carbocycles. The molecule has 1 aliphatic rings. The van der Waals surface area contributed by atoms with Crippen LogP contribution < -0.4 is 5.32 Å². The monoisotopic (exact) mass is 210 g/mol. The van der Waals surface area contributed by atoms with Crippen molar-refractivity contribution < 1.29 is 4.21 Å². The quantitative estimate of drug-likeness (QED) is 0.798. The van der Waals surface area contributed by atoms with Crippen molar-refractivity contribution in [1.82, 2.24) is 10.3 Å². The number of nitrogens with one attached hydrogen (secondary N) is 1. The molecule has 1 aromatic rings. The number of nitrogens with zero attached hydrogens (tertiary/aromatic N) is 1. The lowest BCUT2D eigenvalue weighted by Gasteiger charge is -2.07. The number of hydrogen-bond donors (Lipinski definition) is 1. The van der Waals surface area contributed by atoms with Gasteiger partial charge in [0.05, 0.1) is 5.75 Å². The molecule has 4 heteroatoms. The molecule has 0 unspecified atom stereocenters. The normalized spacial score (nSPS) is 23.6. The fraction of sp³-hybridized carbons (Fsp3) is 0.500. The molecule has 0 amide bonds. The van der Waals surface area contributed by atoms with Crippen LogP contribution in [0.5, 0.6) is 0 Å². The van der Waals surface area contributed by atoms with Gasteiger partial charge in [-0.05, 0) is 24.6 Å². The Morgan fingerprint density at radius 3 is 3.21 bits per heavy atom. The number of rotatable bonds is 3. The Morgan fingerprint density at radius 2 is 2.57 bits per heavy atom. The second-order valence-electron chi connectivity index (χ2n) is 3.50. The summed E-state index contributed by atoms with van der Waals surface area (Å²) < 4.78 is 11.9. The van der Waals surface area contributed by atoms with Gasteiger partial charge in [0.2, 0.25) is 0 Å². The molecule has 0 bridgehead atoms. The van der Waals surface area contributed by atoms with Crippen molar-refractivity contribution >= 4 is 10.8 Å². The van der Waals surface area contributed by atoms with Crippen molar-refractivity contribution in [2.75, 3.05) is 13.1 Å². The molecule has 14 heavy (non-hydrogen) atoms. The van der Waals surface area contributed by atoms with E-state index >= 15 is 0 Å². The lowest BCUT2D eigenvalue weighted by atomic mass is 10.3. The van der Waals surface area contributed by atoms with Crippen LogP contribution in [0.25, 0.3) is 0 Å². The van der Waals surface area contributed by atoms with Crippen LogP contribution in [0.15, 0.2) is 24.5 Å². The van der Waals surface area contributed by atoms with E-state index in [-0.39, 0.29) is 0 Å². The first-order valence-electron chi connectivity index (χ1n) is 4.83. The van der Waals surface area contributed by atoms with E-state index in [4.69, 9.17) is 0 Å². The van der Waals surface area contributed by atoms with Crippen LogP contribution in [0.4, 0.5) is 0 Å². The van der Waals surface area contributed by atoms with E-state index in [0.29, 0.717) is 11.0 Å². The number of hydrogen-bond acceptors (Lipinski definition) is 3. The summed E-state index contributed by atoms with van der Waals surface area (Å²) in [6.45, 7) is 1.90. The van der Waals surface area contributed by atoms with Crippen LogP contribution in [-0.2, 0) is 16.6 Å². The topological polar surface area (TPSA) is 42.0 Å². The summed E-state index contributed by atoms with van der Waals surface area (Å²) in [6.07, 6.45) is 4.57. The van der Waals surface area contributed by atoms with Gasteiger partial charge in [0.25, 0.3) is 0 Å². The molecule has 0 radical (unpaired) electrons.